The van der Waals surface area contributed by atoms with Gasteiger partial charge in [-0.3, -0.25) is 4.79 Å². The number of benzene rings is 1. The van der Waals surface area contributed by atoms with Crippen molar-refractivity contribution in [3.63, 3.8) is 0 Å². The molecule has 1 aromatic carbocycles. The topological polar surface area (TPSA) is 29.5 Å². The van der Waals surface area contributed by atoms with E-state index in [2.05, 4.69) is 0 Å². The Morgan fingerprint density at radius 2 is 2.07 bits per heavy atom. The van der Waals surface area contributed by atoms with E-state index in [1.807, 2.05) is 49.2 Å². The molecule has 0 radical (unpaired) electrons. The fraction of sp³-hybridized carbons (Fsp3) is 0.250. The number of carbonyl (C=O) groups is 1. The van der Waals surface area contributed by atoms with Crippen LogP contribution in [0.4, 0.5) is 5.69 Å². The SMILES string of the molecule is CCO/C(C=O)=C/N(C)c1ccccc1. The summed E-state index contributed by atoms with van der Waals surface area (Å²) in [6.07, 6.45) is 2.38. The van der Waals surface area contributed by atoms with Crippen molar-refractivity contribution in [1.29, 1.82) is 0 Å². The lowest BCUT2D eigenvalue weighted by molar-refractivity contribution is -0.107. The van der Waals surface area contributed by atoms with E-state index in [-0.39, 0.29) is 0 Å². The average molecular weight is 205 g/mol. The van der Waals surface area contributed by atoms with Crippen LogP contribution in [-0.2, 0) is 9.53 Å². The quantitative estimate of drug-likeness (QED) is 0.419. The van der Waals surface area contributed by atoms with Gasteiger partial charge in [-0.25, -0.2) is 0 Å². The number of aldehydes is 1. The monoisotopic (exact) mass is 205 g/mol. The number of carbonyl (C=O) groups excluding carboxylic acids is 1. The van der Waals surface area contributed by atoms with Gasteiger partial charge < -0.3 is 9.64 Å². The number of anilines is 1. The first-order valence-corrected chi connectivity index (χ1v) is 4.85. The maximum absolute atomic E-state index is 10.6. The summed E-state index contributed by atoms with van der Waals surface area (Å²) in [5, 5.41) is 0. The van der Waals surface area contributed by atoms with Gasteiger partial charge >= 0.3 is 0 Å². The first-order valence-electron chi connectivity index (χ1n) is 4.85. The highest BCUT2D eigenvalue weighted by Gasteiger charge is 1.99. The van der Waals surface area contributed by atoms with E-state index in [1.54, 1.807) is 6.20 Å². The van der Waals surface area contributed by atoms with E-state index in [0.717, 1.165) is 5.69 Å². The Hall–Kier alpha value is -1.77. The first-order chi connectivity index (χ1) is 7.27. The summed E-state index contributed by atoms with van der Waals surface area (Å²) in [5.41, 5.74) is 1.01. The van der Waals surface area contributed by atoms with Gasteiger partial charge in [0, 0.05) is 18.9 Å². The highest BCUT2D eigenvalue weighted by molar-refractivity contribution is 5.71. The second kappa shape index (κ2) is 5.86. The molecule has 0 aliphatic carbocycles. The molecule has 3 nitrogen and oxygen atoms in total. The molecule has 0 saturated carbocycles. The number of hydrogen-bond acceptors (Lipinski definition) is 3. The molecule has 3 heteroatoms. The zero-order valence-electron chi connectivity index (χ0n) is 9.01. The van der Waals surface area contributed by atoms with Gasteiger partial charge in [0.25, 0.3) is 0 Å². The zero-order valence-corrected chi connectivity index (χ0v) is 9.01. The number of allylic oxidation sites excluding steroid dienone is 1. The Bertz CT molecular complexity index is 333. The molecule has 0 aromatic heterocycles. The third-order valence-corrected chi connectivity index (χ3v) is 1.91. The molecule has 0 aliphatic heterocycles. The number of para-hydroxylation sites is 1. The van der Waals surface area contributed by atoms with E-state index < -0.39 is 0 Å². The molecule has 0 unspecified atom stereocenters. The van der Waals surface area contributed by atoms with Crippen molar-refractivity contribution in [3.05, 3.63) is 42.3 Å². The molecular weight excluding hydrogens is 190 g/mol. The number of nitrogens with zero attached hydrogens (tertiary/aromatic N) is 1. The third-order valence-electron chi connectivity index (χ3n) is 1.91. The lowest BCUT2D eigenvalue weighted by Gasteiger charge is -2.14. The minimum absolute atomic E-state index is 0.337. The summed E-state index contributed by atoms with van der Waals surface area (Å²) in [5.74, 6) is 0.337. The average Bonchev–Trinajstić information content (AvgIpc) is 2.29. The largest absolute Gasteiger partial charge is 0.489 e. The van der Waals surface area contributed by atoms with E-state index >= 15 is 0 Å². The van der Waals surface area contributed by atoms with E-state index in [4.69, 9.17) is 4.74 Å². The lowest BCUT2D eigenvalue weighted by Crippen LogP contribution is -2.10. The van der Waals surface area contributed by atoms with E-state index in [1.165, 1.54) is 0 Å². The lowest BCUT2D eigenvalue weighted by atomic mass is 10.3. The highest BCUT2D eigenvalue weighted by Crippen LogP contribution is 2.12. The summed E-state index contributed by atoms with van der Waals surface area (Å²) in [7, 11) is 1.87. The summed E-state index contributed by atoms with van der Waals surface area (Å²) in [6.45, 7) is 2.34. The van der Waals surface area contributed by atoms with Gasteiger partial charge in [0.1, 0.15) is 0 Å². The molecule has 0 atom stereocenters. The molecule has 1 rings (SSSR count). The molecule has 0 spiro atoms. The fourth-order valence-electron chi connectivity index (χ4n) is 1.20. The molecule has 0 aliphatic rings. The van der Waals surface area contributed by atoms with Crippen molar-refractivity contribution in [2.75, 3.05) is 18.6 Å². The minimum atomic E-state index is 0.337. The minimum Gasteiger partial charge on any atom is -0.489 e. The first kappa shape index (κ1) is 11.3. The van der Waals surface area contributed by atoms with E-state index in [0.29, 0.717) is 18.7 Å². The van der Waals surface area contributed by atoms with Crippen LogP contribution in [0.2, 0.25) is 0 Å². The number of ether oxygens (including phenoxy) is 1. The van der Waals surface area contributed by atoms with Crippen LogP contribution in [0.25, 0.3) is 0 Å². The molecule has 0 saturated heterocycles. The molecule has 0 heterocycles. The van der Waals surface area contributed by atoms with Crippen molar-refractivity contribution >= 4 is 12.0 Å². The molecule has 80 valence electrons. The van der Waals surface area contributed by atoms with Crippen LogP contribution < -0.4 is 4.90 Å². The Balaban J connectivity index is 2.76. The predicted molar refractivity (Wildman–Crippen MR) is 60.6 cm³/mol. The molecule has 1 aromatic rings. The maximum atomic E-state index is 10.6. The van der Waals surface area contributed by atoms with Crippen molar-refractivity contribution in [2.24, 2.45) is 0 Å². The van der Waals surface area contributed by atoms with Crippen molar-refractivity contribution in [1.82, 2.24) is 0 Å². The number of hydrogen-bond donors (Lipinski definition) is 0. The summed E-state index contributed by atoms with van der Waals surface area (Å²) < 4.78 is 5.13. The zero-order chi connectivity index (χ0) is 11.1. The Kier molecular flexibility index (Phi) is 4.41. The second-order valence-electron chi connectivity index (χ2n) is 3.03. The third kappa shape index (κ3) is 3.46. The van der Waals surface area contributed by atoms with Gasteiger partial charge in [-0.05, 0) is 19.1 Å². The van der Waals surface area contributed by atoms with Crippen molar-refractivity contribution < 1.29 is 9.53 Å². The molecule has 15 heavy (non-hydrogen) atoms. The summed E-state index contributed by atoms with van der Waals surface area (Å²) >= 11 is 0. The maximum Gasteiger partial charge on any atom is 0.186 e. The normalized spacial score (nSPS) is 10.9. The smallest absolute Gasteiger partial charge is 0.186 e. The van der Waals surface area contributed by atoms with Gasteiger partial charge in [0.2, 0.25) is 0 Å². The van der Waals surface area contributed by atoms with Crippen LogP contribution in [0.3, 0.4) is 0 Å². The van der Waals surface area contributed by atoms with Crippen LogP contribution in [0.15, 0.2) is 42.3 Å². The van der Waals surface area contributed by atoms with Crippen LogP contribution in [-0.4, -0.2) is 19.9 Å². The number of rotatable bonds is 5. The van der Waals surface area contributed by atoms with Crippen LogP contribution in [0, 0.1) is 0 Å². The van der Waals surface area contributed by atoms with Crippen LogP contribution in [0.1, 0.15) is 6.92 Å². The molecule has 0 fully saturated rings. The highest BCUT2D eigenvalue weighted by atomic mass is 16.5. The second-order valence-corrected chi connectivity index (χ2v) is 3.03. The predicted octanol–water partition coefficient (Wildman–Crippen LogP) is 2.20. The molecule has 0 bridgehead atoms. The Morgan fingerprint density at radius 3 is 2.60 bits per heavy atom. The van der Waals surface area contributed by atoms with Crippen molar-refractivity contribution in [3.8, 4) is 0 Å². The molecule has 0 N–H and O–H groups in total. The fourth-order valence-corrected chi connectivity index (χ4v) is 1.20. The summed E-state index contributed by atoms with van der Waals surface area (Å²) in [4.78, 5) is 12.5. The van der Waals surface area contributed by atoms with Crippen molar-refractivity contribution in [2.45, 2.75) is 6.92 Å². The van der Waals surface area contributed by atoms with Gasteiger partial charge in [-0.1, -0.05) is 18.2 Å². The van der Waals surface area contributed by atoms with Gasteiger partial charge in [-0.2, -0.15) is 0 Å². The van der Waals surface area contributed by atoms with Crippen LogP contribution in [0.5, 0.6) is 0 Å². The Morgan fingerprint density at radius 1 is 1.40 bits per heavy atom. The Labute approximate surface area is 90.0 Å². The standard InChI is InChI=1S/C12H15NO2/c1-3-15-12(10-14)9-13(2)11-7-5-4-6-8-11/h4-10H,3H2,1-2H3/b12-9+. The molecular formula is C12H15NO2. The van der Waals surface area contributed by atoms with E-state index in [9.17, 15) is 4.79 Å². The van der Waals surface area contributed by atoms with Crippen LogP contribution >= 0.6 is 0 Å². The van der Waals surface area contributed by atoms with Gasteiger partial charge in [0.05, 0.1) is 6.61 Å². The van der Waals surface area contributed by atoms with Gasteiger partial charge in [0.15, 0.2) is 12.0 Å². The molecule has 0 amide bonds. The van der Waals surface area contributed by atoms with Gasteiger partial charge in [-0.15, -0.1) is 0 Å². The summed E-state index contributed by atoms with van der Waals surface area (Å²) in [6, 6.07) is 9.77.